The summed E-state index contributed by atoms with van der Waals surface area (Å²) in [6, 6.07) is 17.5. The number of benzene rings is 3. The van der Waals surface area contributed by atoms with Crippen LogP contribution >= 0.6 is 0 Å². The Morgan fingerprint density at radius 2 is 1.67 bits per heavy atom. The molecule has 1 aliphatic heterocycles. The van der Waals surface area contributed by atoms with Crippen molar-refractivity contribution in [3.05, 3.63) is 89.5 Å². The minimum Gasteiger partial charge on any atom is -0.489 e. The molecule has 3 aromatic carbocycles. The Morgan fingerprint density at radius 3 is 2.24 bits per heavy atom. The summed E-state index contributed by atoms with van der Waals surface area (Å²) < 4.78 is 99.3. The van der Waals surface area contributed by atoms with Gasteiger partial charge in [0.1, 0.15) is 11.9 Å². The number of nitrogens with zero attached hydrogens (tertiary/aromatic N) is 2. The van der Waals surface area contributed by atoms with E-state index in [0.29, 0.717) is 24.1 Å². The van der Waals surface area contributed by atoms with Crippen LogP contribution in [0.15, 0.2) is 77.7 Å². The van der Waals surface area contributed by atoms with Gasteiger partial charge < -0.3 is 19.7 Å². The molecule has 0 saturated carbocycles. The molecule has 3 atom stereocenters. The number of alkyl halides is 5. The second-order valence-corrected chi connectivity index (χ2v) is 12.9. The van der Waals surface area contributed by atoms with Crippen molar-refractivity contribution < 1.29 is 44.6 Å². The summed E-state index contributed by atoms with van der Waals surface area (Å²) in [6.07, 6.45) is -4.17. The Balaban J connectivity index is 1.47. The number of nitrogens with one attached hydrogen (secondary N) is 1. The SMILES string of the molecule is CCS(=O)(=O)c1ccc([C@H](CC#N)NC(=O)c2ccc(N3CC(Oc4ccc(C(F)(F)F)cc4)CC[C@H]3COC(F)F)cc2)cc1. The van der Waals surface area contributed by atoms with E-state index in [0.717, 1.165) is 12.1 Å². The summed E-state index contributed by atoms with van der Waals surface area (Å²) in [5, 5.41) is 12.1. The lowest BCUT2D eigenvalue weighted by molar-refractivity contribution is -0.137. The Hall–Kier alpha value is -4.22. The van der Waals surface area contributed by atoms with Crippen LogP contribution in [0.4, 0.5) is 27.6 Å². The predicted molar refractivity (Wildman–Crippen MR) is 159 cm³/mol. The van der Waals surface area contributed by atoms with Crippen LogP contribution in [-0.4, -0.2) is 52.0 Å². The van der Waals surface area contributed by atoms with Crippen LogP contribution in [0.1, 0.15) is 53.7 Å². The molecule has 1 fully saturated rings. The summed E-state index contributed by atoms with van der Waals surface area (Å²) in [5.41, 5.74) is 0.585. The van der Waals surface area contributed by atoms with E-state index in [2.05, 4.69) is 10.1 Å². The Bertz CT molecular complexity index is 1610. The fourth-order valence-electron chi connectivity index (χ4n) is 5.14. The number of amides is 1. The third-order valence-electron chi connectivity index (χ3n) is 7.65. The first-order chi connectivity index (χ1) is 21.8. The number of ether oxygens (including phenoxy) is 2. The van der Waals surface area contributed by atoms with Crippen molar-refractivity contribution in [3.8, 4) is 11.8 Å². The van der Waals surface area contributed by atoms with Crippen molar-refractivity contribution in [2.24, 2.45) is 0 Å². The second kappa shape index (κ2) is 14.9. The molecule has 8 nitrogen and oxygen atoms in total. The average Bonchev–Trinajstić information content (AvgIpc) is 3.03. The number of halogens is 5. The van der Waals surface area contributed by atoms with Gasteiger partial charge in [0.05, 0.1) is 53.9 Å². The van der Waals surface area contributed by atoms with E-state index in [1.807, 2.05) is 6.07 Å². The number of piperidine rings is 1. The number of anilines is 1. The molecule has 0 radical (unpaired) electrons. The first-order valence-corrected chi connectivity index (χ1v) is 16.1. The average molecular weight is 666 g/mol. The smallest absolute Gasteiger partial charge is 0.416 e. The van der Waals surface area contributed by atoms with Crippen LogP contribution in [0, 0.1) is 11.3 Å². The zero-order valence-electron chi connectivity index (χ0n) is 24.7. The highest BCUT2D eigenvalue weighted by Gasteiger charge is 2.32. The van der Waals surface area contributed by atoms with Gasteiger partial charge >= 0.3 is 12.8 Å². The van der Waals surface area contributed by atoms with Gasteiger partial charge in [0.2, 0.25) is 0 Å². The largest absolute Gasteiger partial charge is 0.489 e. The fraction of sp³-hybridized carbons (Fsp3) is 0.375. The van der Waals surface area contributed by atoms with Gasteiger partial charge in [0, 0.05) is 11.3 Å². The molecule has 0 aromatic heterocycles. The lowest BCUT2D eigenvalue weighted by Crippen LogP contribution is -2.49. The third-order valence-corrected chi connectivity index (χ3v) is 9.40. The fourth-order valence-corrected chi connectivity index (χ4v) is 6.03. The van der Waals surface area contributed by atoms with Gasteiger partial charge in [-0.1, -0.05) is 19.1 Å². The van der Waals surface area contributed by atoms with Gasteiger partial charge in [0.15, 0.2) is 9.84 Å². The summed E-state index contributed by atoms with van der Waals surface area (Å²) in [7, 11) is -3.42. The van der Waals surface area contributed by atoms with Crippen molar-refractivity contribution >= 4 is 21.4 Å². The van der Waals surface area contributed by atoms with Crippen molar-refractivity contribution in [2.45, 2.75) is 62.1 Å². The van der Waals surface area contributed by atoms with Gasteiger partial charge in [-0.05, 0) is 79.1 Å². The minimum atomic E-state index is -4.48. The van der Waals surface area contributed by atoms with Gasteiger partial charge in [-0.3, -0.25) is 4.79 Å². The third kappa shape index (κ3) is 8.95. The normalized spacial score (nSPS) is 17.7. The van der Waals surface area contributed by atoms with E-state index in [1.54, 1.807) is 29.2 Å². The molecule has 1 aliphatic rings. The van der Waals surface area contributed by atoms with Crippen LogP contribution < -0.4 is 15.0 Å². The van der Waals surface area contributed by atoms with Gasteiger partial charge in [0.25, 0.3) is 5.91 Å². The number of sulfone groups is 1. The Kier molecular flexibility index (Phi) is 11.2. The van der Waals surface area contributed by atoms with Crippen molar-refractivity contribution in [2.75, 3.05) is 23.8 Å². The summed E-state index contributed by atoms with van der Waals surface area (Å²) in [5.74, 6) is -0.317. The minimum absolute atomic E-state index is 0.0645. The standard InChI is InChI=1S/C32H32F5N3O5S/c1-2-46(42,43)28-15-5-21(6-16-28)29(17-18-38)39-30(41)22-3-9-24(10-4-22)40-19-27(14-11-25(40)20-44-31(33)34)45-26-12-7-23(8-13-26)32(35,36)37/h3-10,12-13,15-16,25,27,29,31H,2,11,14,17,19-20H2,1H3,(H,39,41)/t25-,27?,29-/m0/s1. The van der Waals surface area contributed by atoms with E-state index in [1.165, 1.54) is 43.3 Å². The van der Waals surface area contributed by atoms with Crippen LogP contribution in [-0.2, 0) is 20.8 Å². The zero-order valence-corrected chi connectivity index (χ0v) is 25.5. The van der Waals surface area contributed by atoms with Crippen LogP contribution in [0.3, 0.4) is 0 Å². The van der Waals surface area contributed by atoms with Crippen molar-refractivity contribution in [1.82, 2.24) is 5.32 Å². The summed E-state index contributed by atoms with van der Waals surface area (Å²) >= 11 is 0. The van der Waals surface area contributed by atoms with Crippen molar-refractivity contribution in [3.63, 3.8) is 0 Å². The monoisotopic (exact) mass is 665 g/mol. The molecule has 46 heavy (non-hydrogen) atoms. The molecule has 14 heteroatoms. The molecule has 1 unspecified atom stereocenters. The Morgan fingerprint density at radius 1 is 1.02 bits per heavy atom. The second-order valence-electron chi connectivity index (χ2n) is 10.6. The van der Waals surface area contributed by atoms with Crippen LogP contribution in [0.25, 0.3) is 0 Å². The number of carbonyl (C=O) groups excluding carboxylic acids is 1. The molecular formula is C32H32F5N3O5S. The lowest BCUT2D eigenvalue weighted by atomic mass is 9.99. The summed E-state index contributed by atoms with van der Waals surface area (Å²) in [6.45, 7) is -1.49. The zero-order chi connectivity index (χ0) is 33.5. The van der Waals surface area contributed by atoms with Gasteiger partial charge in [-0.15, -0.1) is 0 Å². The molecule has 1 amide bonds. The Labute approximate surface area is 263 Å². The molecule has 246 valence electrons. The molecular weight excluding hydrogens is 633 g/mol. The predicted octanol–water partition coefficient (Wildman–Crippen LogP) is 6.54. The van der Waals surface area contributed by atoms with E-state index >= 15 is 0 Å². The highest BCUT2D eigenvalue weighted by molar-refractivity contribution is 7.91. The topological polar surface area (TPSA) is 109 Å². The van der Waals surface area contributed by atoms with Gasteiger partial charge in [-0.2, -0.15) is 27.2 Å². The number of hydrogen-bond acceptors (Lipinski definition) is 7. The molecule has 1 heterocycles. The van der Waals surface area contributed by atoms with E-state index in [4.69, 9.17) is 4.74 Å². The number of rotatable bonds is 12. The number of hydrogen-bond donors (Lipinski definition) is 1. The maximum absolute atomic E-state index is 13.1. The molecule has 4 rings (SSSR count). The number of carbonyl (C=O) groups is 1. The molecule has 0 spiro atoms. The first kappa shape index (κ1) is 34.6. The molecule has 1 N–H and O–H groups in total. The highest BCUT2D eigenvalue weighted by Crippen LogP contribution is 2.32. The lowest BCUT2D eigenvalue weighted by Gasteiger charge is -2.41. The van der Waals surface area contributed by atoms with E-state index < -0.39 is 52.3 Å². The molecule has 3 aromatic rings. The van der Waals surface area contributed by atoms with E-state index in [9.17, 15) is 40.4 Å². The quantitative estimate of drug-likeness (QED) is 0.219. The molecule has 0 bridgehead atoms. The van der Waals surface area contributed by atoms with Crippen LogP contribution in [0.2, 0.25) is 0 Å². The number of nitriles is 1. The maximum Gasteiger partial charge on any atom is 0.416 e. The molecule has 1 saturated heterocycles. The highest BCUT2D eigenvalue weighted by atomic mass is 32.2. The molecule has 0 aliphatic carbocycles. The summed E-state index contributed by atoms with van der Waals surface area (Å²) in [4.78, 5) is 15.1. The van der Waals surface area contributed by atoms with Gasteiger partial charge in [-0.25, -0.2) is 8.42 Å². The van der Waals surface area contributed by atoms with E-state index in [-0.39, 0.29) is 41.5 Å². The van der Waals surface area contributed by atoms with Crippen molar-refractivity contribution in [1.29, 1.82) is 5.26 Å². The first-order valence-electron chi connectivity index (χ1n) is 14.4. The maximum atomic E-state index is 13.1. The van der Waals surface area contributed by atoms with Crippen LogP contribution in [0.5, 0.6) is 5.75 Å².